The first-order valence-electron chi connectivity index (χ1n) is 10.2. The zero-order chi connectivity index (χ0) is 20.5. The average Bonchev–Trinajstić information content (AvgIpc) is 3.30. The fraction of sp³-hybridized carbons (Fsp3) is 0.273. The molecule has 0 radical (unpaired) electrons. The fourth-order valence-electron chi connectivity index (χ4n) is 3.91. The van der Waals surface area contributed by atoms with E-state index in [1.54, 1.807) is 6.33 Å². The van der Waals surface area contributed by atoms with Crippen molar-refractivity contribution in [2.75, 3.05) is 38.0 Å². The van der Waals surface area contributed by atoms with Gasteiger partial charge in [-0.05, 0) is 36.9 Å². The van der Waals surface area contributed by atoms with Gasteiger partial charge in [-0.2, -0.15) is 0 Å². The monoisotopic (exact) mass is 401 g/mol. The van der Waals surface area contributed by atoms with Crippen molar-refractivity contribution in [1.29, 1.82) is 0 Å². The zero-order valence-corrected chi connectivity index (χ0v) is 16.8. The molecular weight excluding hydrogens is 378 g/mol. The molecule has 0 spiro atoms. The first-order valence-corrected chi connectivity index (χ1v) is 10.2. The summed E-state index contributed by atoms with van der Waals surface area (Å²) in [6, 6.07) is 15.4. The van der Waals surface area contributed by atoms with Crippen LogP contribution >= 0.6 is 0 Å². The summed E-state index contributed by atoms with van der Waals surface area (Å²) in [5.74, 6) is 0.667. The number of hydrogen-bond donors (Lipinski definition) is 1. The van der Waals surface area contributed by atoms with Crippen molar-refractivity contribution in [3.05, 3.63) is 60.4 Å². The Bertz CT molecular complexity index is 1210. The summed E-state index contributed by atoms with van der Waals surface area (Å²) in [6.07, 6.45) is 1.68. The molecule has 1 saturated heterocycles. The van der Waals surface area contributed by atoms with Gasteiger partial charge in [-0.3, -0.25) is 9.20 Å². The Hall–Kier alpha value is -3.52. The highest BCUT2D eigenvalue weighted by atomic mass is 16.2. The number of hydrogen-bond acceptors (Lipinski definition) is 6. The molecule has 0 aliphatic carbocycles. The number of nitrogens with zero attached hydrogens (tertiary/aromatic N) is 6. The van der Waals surface area contributed by atoms with Crippen molar-refractivity contribution in [2.45, 2.75) is 6.92 Å². The van der Waals surface area contributed by atoms with E-state index in [0.717, 1.165) is 49.4 Å². The van der Waals surface area contributed by atoms with E-state index in [0.29, 0.717) is 17.0 Å². The highest BCUT2D eigenvalue weighted by Crippen LogP contribution is 2.24. The first-order chi connectivity index (χ1) is 14.7. The van der Waals surface area contributed by atoms with Crippen LogP contribution in [0.15, 0.2) is 54.9 Å². The fourth-order valence-corrected chi connectivity index (χ4v) is 3.91. The van der Waals surface area contributed by atoms with E-state index in [4.69, 9.17) is 4.98 Å². The molecule has 1 aliphatic rings. The number of amides is 1. The van der Waals surface area contributed by atoms with Gasteiger partial charge in [0.2, 0.25) is 5.65 Å². The maximum absolute atomic E-state index is 13.0. The van der Waals surface area contributed by atoms with Crippen molar-refractivity contribution in [3.63, 3.8) is 0 Å². The summed E-state index contributed by atoms with van der Waals surface area (Å²) >= 11 is 0. The Balaban J connectivity index is 1.42. The molecule has 3 heterocycles. The number of para-hydroxylation sites is 2. The molecule has 1 N–H and O–H groups in total. The molecule has 0 bridgehead atoms. The molecule has 2 aromatic heterocycles. The van der Waals surface area contributed by atoms with Crippen LogP contribution in [-0.2, 0) is 0 Å². The summed E-state index contributed by atoms with van der Waals surface area (Å²) in [4.78, 5) is 22.0. The van der Waals surface area contributed by atoms with Gasteiger partial charge in [0.1, 0.15) is 6.33 Å². The number of rotatable bonds is 4. The van der Waals surface area contributed by atoms with Crippen molar-refractivity contribution in [2.24, 2.45) is 0 Å². The topological polar surface area (TPSA) is 78.7 Å². The van der Waals surface area contributed by atoms with Gasteiger partial charge in [-0.25, -0.2) is 4.98 Å². The number of carbonyl (C=O) groups is 1. The van der Waals surface area contributed by atoms with Crippen molar-refractivity contribution in [1.82, 2.24) is 29.4 Å². The van der Waals surface area contributed by atoms with Crippen LogP contribution in [0.3, 0.4) is 0 Å². The number of carbonyl (C=O) groups excluding carboxylic acids is 1. The van der Waals surface area contributed by atoms with Crippen LogP contribution in [0.1, 0.15) is 17.3 Å². The van der Waals surface area contributed by atoms with Gasteiger partial charge in [-0.15, -0.1) is 10.2 Å². The average molecular weight is 401 g/mol. The van der Waals surface area contributed by atoms with Gasteiger partial charge in [0.25, 0.3) is 5.91 Å². The van der Waals surface area contributed by atoms with E-state index < -0.39 is 0 Å². The van der Waals surface area contributed by atoms with Crippen molar-refractivity contribution < 1.29 is 4.79 Å². The van der Waals surface area contributed by atoms with Crippen LogP contribution in [0.5, 0.6) is 0 Å². The maximum Gasteiger partial charge on any atom is 0.254 e. The minimum atomic E-state index is 0.0634. The van der Waals surface area contributed by atoms with Gasteiger partial charge in [0.15, 0.2) is 5.82 Å². The Morgan fingerprint density at radius 3 is 2.73 bits per heavy atom. The molecule has 0 atom stereocenters. The van der Waals surface area contributed by atoms with E-state index in [-0.39, 0.29) is 5.91 Å². The lowest BCUT2D eigenvalue weighted by Gasteiger charge is -2.34. The van der Waals surface area contributed by atoms with E-state index in [2.05, 4.69) is 27.3 Å². The predicted octanol–water partition coefficient (Wildman–Crippen LogP) is 2.80. The summed E-state index contributed by atoms with van der Waals surface area (Å²) < 4.78 is 1.91. The molecule has 4 aromatic rings. The summed E-state index contributed by atoms with van der Waals surface area (Å²) in [6.45, 7) is 6.54. The number of aromatic nitrogens is 4. The predicted molar refractivity (Wildman–Crippen MR) is 116 cm³/mol. The Morgan fingerprint density at radius 2 is 1.90 bits per heavy atom. The number of piperazine rings is 1. The SMILES string of the molecule is CCN1CCN(C(=O)c2cccc(Nc3nc4ccccc4n4cnnc34)c2)CC1. The molecule has 0 unspecified atom stereocenters. The highest BCUT2D eigenvalue weighted by molar-refractivity contribution is 5.95. The van der Waals surface area contributed by atoms with Crippen LogP contribution in [0.25, 0.3) is 16.7 Å². The van der Waals surface area contributed by atoms with Gasteiger partial charge in [-0.1, -0.05) is 25.1 Å². The molecule has 30 heavy (non-hydrogen) atoms. The van der Waals surface area contributed by atoms with Gasteiger partial charge in [0.05, 0.1) is 11.0 Å². The molecule has 1 aliphatic heterocycles. The smallest absolute Gasteiger partial charge is 0.254 e. The zero-order valence-electron chi connectivity index (χ0n) is 16.8. The second-order valence-corrected chi connectivity index (χ2v) is 7.41. The quantitative estimate of drug-likeness (QED) is 0.567. The molecule has 8 nitrogen and oxygen atoms in total. The van der Waals surface area contributed by atoms with Crippen LogP contribution in [0.4, 0.5) is 11.5 Å². The summed E-state index contributed by atoms with van der Waals surface area (Å²) in [5.41, 5.74) is 3.89. The Morgan fingerprint density at radius 1 is 1.07 bits per heavy atom. The number of likely N-dealkylation sites (N-methyl/N-ethyl adjacent to an activating group) is 1. The third-order valence-electron chi connectivity index (χ3n) is 5.61. The molecule has 5 rings (SSSR count). The van der Waals surface area contributed by atoms with Crippen LogP contribution in [0, 0.1) is 0 Å². The van der Waals surface area contributed by atoms with Gasteiger partial charge in [0, 0.05) is 37.4 Å². The first kappa shape index (κ1) is 18.5. The summed E-state index contributed by atoms with van der Waals surface area (Å²) in [5, 5.41) is 11.6. The maximum atomic E-state index is 13.0. The second-order valence-electron chi connectivity index (χ2n) is 7.41. The number of nitrogens with one attached hydrogen (secondary N) is 1. The standard InChI is InChI=1S/C22H23N7O/c1-2-27-10-12-28(13-11-27)22(30)16-6-5-7-17(14-16)24-20-21-26-23-15-29(21)19-9-4-3-8-18(19)25-20/h3-9,14-15H,2,10-13H2,1H3,(H,24,25). The van der Waals surface area contributed by atoms with Gasteiger partial charge < -0.3 is 15.1 Å². The normalized spacial score (nSPS) is 15.0. The summed E-state index contributed by atoms with van der Waals surface area (Å²) in [7, 11) is 0. The molecule has 0 saturated carbocycles. The third-order valence-corrected chi connectivity index (χ3v) is 5.61. The van der Waals surface area contributed by atoms with E-state index >= 15 is 0 Å². The third kappa shape index (κ3) is 3.35. The van der Waals surface area contributed by atoms with E-state index in [1.165, 1.54) is 0 Å². The lowest BCUT2D eigenvalue weighted by molar-refractivity contribution is 0.0643. The second kappa shape index (κ2) is 7.72. The van der Waals surface area contributed by atoms with Crippen LogP contribution in [0.2, 0.25) is 0 Å². The number of fused-ring (bicyclic) bond motifs is 3. The molecular formula is C22H23N7O. The lowest BCUT2D eigenvalue weighted by Crippen LogP contribution is -2.48. The lowest BCUT2D eigenvalue weighted by atomic mass is 10.1. The Kier molecular flexibility index (Phi) is 4.76. The highest BCUT2D eigenvalue weighted by Gasteiger charge is 2.21. The van der Waals surface area contributed by atoms with Crippen LogP contribution < -0.4 is 5.32 Å². The molecule has 2 aromatic carbocycles. The van der Waals surface area contributed by atoms with Crippen molar-refractivity contribution >= 4 is 34.1 Å². The molecule has 1 fully saturated rings. The Labute approximate surface area is 174 Å². The molecule has 8 heteroatoms. The van der Waals surface area contributed by atoms with Crippen LogP contribution in [-0.4, -0.2) is 68.0 Å². The largest absolute Gasteiger partial charge is 0.337 e. The van der Waals surface area contributed by atoms with Crippen molar-refractivity contribution in [3.8, 4) is 0 Å². The number of benzene rings is 2. The van der Waals surface area contributed by atoms with E-state index in [1.807, 2.05) is 57.8 Å². The minimum absolute atomic E-state index is 0.0634. The number of anilines is 2. The van der Waals surface area contributed by atoms with Gasteiger partial charge >= 0.3 is 0 Å². The van der Waals surface area contributed by atoms with E-state index in [9.17, 15) is 4.79 Å². The molecule has 152 valence electrons. The molecule has 1 amide bonds. The minimum Gasteiger partial charge on any atom is -0.337 e.